The Balaban J connectivity index is 1.52. The lowest BCUT2D eigenvalue weighted by atomic mass is 9.81. The third kappa shape index (κ3) is 3.41. The summed E-state index contributed by atoms with van der Waals surface area (Å²) in [4.78, 5) is 46.3. The van der Waals surface area contributed by atoms with Crippen LogP contribution in [0.3, 0.4) is 0 Å². The van der Waals surface area contributed by atoms with Gasteiger partial charge in [-0.05, 0) is 36.8 Å². The number of likely N-dealkylation sites (N-methyl/N-ethyl adjacent to an activating group) is 1. The summed E-state index contributed by atoms with van der Waals surface area (Å²) in [7, 11) is 1.63. The zero-order valence-corrected chi connectivity index (χ0v) is 20.9. The lowest BCUT2D eigenvalue weighted by Crippen LogP contribution is -2.53. The van der Waals surface area contributed by atoms with Crippen LogP contribution in [0.1, 0.15) is 23.6 Å². The van der Waals surface area contributed by atoms with Crippen molar-refractivity contribution in [2.75, 3.05) is 51.3 Å². The fraction of sp³-hybridized carbons (Fsp3) is 0.393. The molecule has 0 bridgehead atoms. The van der Waals surface area contributed by atoms with Crippen LogP contribution in [0.4, 0.5) is 5.69 Å². The van der Waals surface area contributed by atoms with Gasteiger partial charge in [0, 0.05) is 56.5 Å². The topological polar surface area (TPSA) is 99.6 Å². The minimum atomic E-state index is -1.74. The number of morpholine rings is 1. The number of carbonyl (C=O) groups is 3. The van der Waals surface area contributed by atoms with Crippen LogP contribution in [-0.2, 0) is 31.1 Å². The SMILES string of the molecule is CC1Cc2cc(C(O)=C3C(=O)C(=O)N(CCN4CCOCC4)C34C(=O)N(C)c3ccccc34)ccc2O1. The molecular formula is C28H29N3O6. The maximum atomic E-state index is 14.1. The number of anilines is 1. The van der Waals surface area contributed by atoms with Crippen molar-refractivity contribution in [2.45, 2.75) is 25.0 Å². The fourth-order valence-electron chi connectivity index (χ4n) is 6.05. The predicted molar refractivity (Wildman–Crippen MR) is 135 cm³/mol. The van der Waals surface area contributed by atoms with Crippen molar-refractivity contribution < 1.29 is 29.0 Å². The molecule has 9 nitrogen and oxygen atoms in total. The van der Waals surface area contributed by atoms with Gasteiger partial charge >= 0.3 is 0 Å². The number of para-hydroxylation sites is 1. The Bertz CT molecular complexity index is 1350. The normalized spacial score (nSPS) is 26.6. The Hall–Kier alpha value is -3.69. The zero-order chi connectivity index (χ0) is 25.9. The molecule has 0 saturated carbocycles. The number of hydrogen-bond acceptors (Lipinski definition) is 7. The second-order valence-corrected chi connectivity index (χ2v) is 10.0. The molecule has 0 aliphatic carbocycles. The van der Waals surface area contributed by atoms with E-state index in [-0.39, 0.29) is 24.0 Å². The summed E-state index contributed by atoms with van der Waals surface area (Å²) in [5.41, 5.74) is 0.479. The van der Waals surface area contributed by atoms with Crippen LogP contribution in [0.15, 0.2) is 48.0 Å². The first kappa shape index (κ1) is 23.7. The van der Waals surface area contributed by atoms with Crippen LogP contribution in [0.25, 0.3) is 5.76 Å². The van der Waals surface area contributed by atoms with Crippen LogP contribution in [0, 0.1) is 0 Å². The van der Waals surface area contributed by atoms with Gasteiger partial charge in [-0.2, -0.15) is 0 Å². The van der Waals surface area contributed by atoms with Gasteiger partial charge in [0.2, 0.25) is 0 Å². The van der Waals surface area contributed by atoms with Crippen LogP contribution in [-0.4, -0.2) is 85.0 Å². The van der Waals surface area contributed by atoms with Gasteiger partial charge in [0.15, 0.2) is 5.54 Å². The highest BCUT2D eigenvalue weighted by Gasteiger charge is 2.66. The van der Waals surface area contributed by atoms with Crippen molar-refractivity contribution >= 4 is 29.0 Å². The Kier molecular flexibility index (Phi) is 5.58. The number of carbonyl (C=O) groups excluding carboxylic acids is 3. The molecule has 2 saturated heterocycles. The third-order valence-electron chi connectivity index (χ3n) is 7.85. The number of aliphatic hydroxyl groups excluding tert-OH is 1. The van der Waals surface area contributed by atoms with Crippen molar-refractivity contribution in [1.29, 1.82) is 0 Å². The number of ether oxygens (including phenoxy) is 2. The maximum absolute atomic E-state index is 14.1. The van der Waals surface area contributed by atoms with E-state index in [2.05, 4.69) is 4.90 Å². The lowest BCUT2D eigenvalue weighted by Gasteiger charge is -2.36. The molecule has 2 aromatic rings. The summed E-state index contributed by atoms with van der Waals surface area (Å²) in [5, 5.41) is 11.6. The zero-order valence-electron chi connectivity index (χ0n) is 20.9. The molecule has 0 radical (unpaired) electrons. The highest BCUT2D eigenvalue weighted by Crippen LogP contribution is 2.53. The predicted octanol–water partition coefficient (Wildman–Crippen LogP) is 1.89. The van der Waals surface area contributed by atoms with Gasteiger partial charge in [-0.15, -0.1) is 0 Å². The van der Waals surface area contributed by atoms with E-state index in [1.807, 2.05) is 13.0 Å². The summed E-state index contributed by atoms with van der Waals surface area (Å²) in [6.45, 7) is 5.19. The highest BCUT2D eigenvalue weighted by atomic mass is 16.5. The van der Waals surface area contributed by atoms with E-state index in [1.54, 1.807) is 43.4 Å². The van der Waals surface area contributed by atoms with Gasteiger partial charge < -0.3 is 24.4 Å². The molecule has 2 amide bonds. The molecule has 4 aliphatic rings. The van der Waals surface area contributed by atoms with E-state index >= 15 is 0 Å². The summed E-state index contributed by atoms with van der Waals surface area (Å²) >= 11 is 0. The monoisotopic (exact) mass is 503 g/mol. The van der Waals surface area contributed by atoms with Crippen molar-refractivity contribution in [1.82, 2.24) is 9.80 Å². The number of benzene rings is 2. The third-order valence-corrected chi connectivity index (χ3v) is 7.85. The number of rotatable bonds is 4. The van der Waals surface area contributed by atoms with Gasteiger partial charge in [-0.25, -0.2) is 0 Å². The number of ketones is 1. The Labute approximate surface area is 214 Å². The molecular weight excluding hydrogens is 474 g/mol. The molecule has 192 valence electrons. The number of aliphatic hydroxyl groups is 1. The maximum Gasteiger partial charge on any atom is 0.296 e. The molecule has 1 spiro atoms. The van der Waals surface area contributed by atoms with Gasteiger partial charge in [0.25, 0.3) is 17.6 Å². The quantitative estimate of drug-likeness (QED) is 0.387. The second-order valence-electron chi connectivity index (χ2n) is 10.0. The molecule has 6 rings (SSSR count). The van der Waals surface area contributed by atoms with Crippen LogP contribution >= 0.6 is 0 Å². The molecule has 0 aromatic heterocycles. The minimum Gasteiger partial charge on any atom is -0.507 e. The first-order valence-corrected chi connectivity index (χ1v) is 12.6. The van der Waals surface area contributed by atoms with E-state index in [0.29, 0.717) is 56.1 Å². The van der Waals surface area contributed by atoms with Crippen molar-refractivity contribution in [3.05, 3.63) is 64.7 Å². The number of nitrogens with zero attached hydrogens (tertiary/aromatic N) is 3. The van der Waals surface area contributed by atoms with E-state index in [0.717, 1.165) is 11.3 Å². The van der Waals surface area contributed by atoms with E-state index < -0.39 is 23.1 Å². The number of hydrogen-bond donors (Lipinski definition) is 1. The molecule has 37 heavy (non-hydrogen) atoms. The molecule has 2 fully saturated rings. The first-order valence-electron chi connectivity index (χ1n) is 12.6. The molecule has 4 heterocycles. The highest BCUT2D eigenvalue weighted by molar-refractivity contribution is 6.50. The first-order chi connectivity index (χ1) is 17.8. The summed E-state index contributed by atoms with van der Waals surface area (Å²) in [6, 6.07) is 12.3. The van der Waals surface area contributed by atoms with E-state index in [1.165, 1.54) is 9.80 Å². The van der Waals surface area contributed by atoms with Crippen molar-refractivity contribution in [2.24, 2.45) is 0 Å². The second kappa shape index (κ2) is 8.71. The Morgan fingerprint density at radius 2 is 1.84 bits per heavy atom. The lowest BCUT2D eigenvalue weighted by molar-refractivity contribution is -0.144. The Morgan fingerprint density at radius 3 is 2.62 bits per heavy atom. The van der Waals surface area contributed by atoms with Gasteiger partial charge in [-0.3, -0.25) is 19.3 Å². The molecule has 1 N–H and O–H groups in total. The van der Waals surface area contributed by atoms with Crippen molar-refractivity contribution in [3.63, 3.8) is 0 Å². The largest absolute Gasteiger partial charge is 0.507 e. The number of fused-ring (bicyclic) bond motifs is 3. The van der Waals surface area contributed by atoms with Gasteiger partial charge in [0.05, 0.1) is 18.8 Å². The van der Waals surface area contributed by atoms with Crippen LogP contribution in [0.5, 0.6) is 5.75 Å². The molecule has 2 aromatic carbocycles. The molecule has 2 unspecified atom stereocenters. The number of likely N-dealkylation sites (tertiary alicyclic amines) is 1. The summed E-state index contributed by atoms with van der Waals surface area (Å²) < 4.78 is 11.2. The molecule has 9 heteroatoms. The fourth-order valence-corrected chi connectivity index (χ4v) is 6.05. The van der Waals surface area contributed by atoms with Crippen molar-refractivity contribution in [3.8, 4) is 5.75 Å². The molecule has 2 atom stereocenters. The standard InChI is InChI=1S/C28H29N3O6/c1-17-15-19-16-18(7-8-22(19)37-17)24(32)23-25(33)26(34)31(10-9-30-11-13-36-14-12-30)28(23)20-5-3-4-6-21(20)29(2)27(28)35/h3-8,16-17,32H,9-15H2,1-2H3. The number of amides is 2. The van der Waals surface area contributed by atoms with Gasteiger partial charge in [0.1, 0.15) is 17.6 Å². The van der Waals surface area contributed by atoms with Crippen LogP contribution < -0.4 is 9.64 Å². The number of Topliss-reactive ketones (excluding diaryl/α,β-unsaturated/α-hetero) is 1. The summed E-state index contributed by atoms with van der Waals surface area (Å²) in [6.07, 6.45) is 0.675. The van der Waals surface area contributed by atoms with E-state index in [4.69, 9.17) is 9.47 Å². The van der Waals surface area contributed by atoms with E-state index in [9.17, 15) is 19.5 Å². The van der Waals surface area contributed by atoms with Gasteiger partial charge in [-0.1, -0.05) is 18.2 Å². The average molecular weight is 504 g/mol. The average Bonchev–Trinajstić information content (AvgIpc) is 3.47. The molecule has 4 aliphatic heterocycles. The smallest absolute Gasteiger partial charge is 0.296 e. The Morgan fingerprint density at radius 1 is 1.08 bits per heavy atom. The summed E-state index contributed by atoms with van der Waals surface area (Å²) in [5.74, 6) is -1.70. The minimum absolute atomic E-state index is 0.00805. The van der Waals surface area contributed by atoms with Crippen LogP contribution in [0.2, 0.25) is 0 Å².